The van der Waals surface area contributed by atoms with Gasteiger partial charge in [-0.25, -0.2) is 36.9 Å². The molecule has 1 amide bonds. The largest absolute Gasteiger partial charge is 0.444 e. The number of anilines is 1. The van der Waals surface area contributed by atoms with Gasteiger partial charge in [0.2, 0.25) is 15.0 Å². The van der Waals surface area contributed by atoms with Crippen LogP contribution in [0.25, 0.3) is 32.9 Å². The summed E-state index contributed by atoms with van der Waals surface area (Å²) >= 11 is 0. The van der Waals surface area contributed by atoms with Crippen molar-refractivity contribution in [2.45, 2.75) is 147 Å². The molecule has 0 spiro atoms. The van der Waals surface area contributed by atoms with E-state index in [2.05, 4.69) is 69.8 Å². The number of hydrogen-bond acceptors (Lipinski definition) is 8. The summed E-state index contributed by atoms with van der Waals surface area (Å²) in [6.07, 6.45) is 2.20. The zero-order valence-corrected chi connectivity index (χ0v) is 37.5. The van der Waals surface area contributed by atoms with Gasteiger partial charge in [-0.3, -0.25) is 4.90 Å². The van der Waals surface area contributed by atoms with Gasteiger partial charge in [-0.2, -0.15) is 0 Å². The lowest BCUT2D eigenvalue weighted by molar-refractivity contribution is 0.00451. The normalized spacial score (nSPS) is 21.0. The standard InChI is InChI=1S/C45H57F2N5O4SSi/c1-12-57(54,55)43-49-40-37-34(20-16-28(8)41-35-21-18-30(24-51(41)42(37)50-43)52(35)44(53)56-45(9,10)11)48-39(38(40)47)32-15-13-14-29-17-19-33(46)31(36(29)32)22-23-58(25(2)3,26(4)5)27(6)7/h13-15,17,19,25-28,30,35,41H,12,16,18,20-21,24H2,1-11H3/t28-,30-,35+,41+/m1/s1. The van der Waals surface area contributed by atoms with E-state index in [4.69, 9.17) is 14.7 Å². The van der Waals surface area contributed by atoms with Gasteiger partial charge in [-0.15, -0.1) is 5.54 Å². The fraction of sp³-hybridized carbons (Fsp3) is 0.556. The zero-order valence-electron chi connectivity index (χ0n) is 35.7. The van der Waals surface area contributed by atoms with Gasteiger partial charge in [0.25, 0.3) is 0 Å². The summed E-state index contributed by atoms with van der Waals surface area (Å²) in [5.41, 5.74) is 4.87. The number of aryl methyl sites for hydroxylation is 1. The summed E-state index contributed by atoms with van der Waals surface area (Å²) in [6, 6.07) is 7.81. The SMILES string of the molecule is CCS(=O)(=O)c1nc2c3c(nc(-c4cccc5ccc(F)c(C#C[Si](C(C)C)(C(C)C)C(C)C)c45)c(F)c3n1)CC[C@@H](C)[C@H]1[C@@H]3CC[C@H](CN21)N3C(=O)OC(C)(C)C. The molecule has 3 aliphatic rings. The number of amides is 1. The number of fused-ring (bicyclic) bond motifs is 6. The van der Waals surface area contributed by atoms with Gasteiger partial charge in [-0.05, 0) is 80.4 Å². The number of hydrogen-bond donors (Lipinski definition) is 0. The number of aromatic nitrogens is 3. The van der Waals surface area contributed by atoms with Crippen LogP contribution in [0.3, 0.4) is 0 Å². The Balaban J connectivity index is 1.48. The van der Waals surface area contributed by atoms with Crippen LogP contribution < -0.4 is 4.90 Å². The maximum absolute atomic E-state index is 17.7. The van der Waals surface area contributed by atoms with E-state index in [1.54, 1.807) is 18.2 Å². The summed E-state index contributed by atoms with van der Waals surface area (Å²) in [5, 5.41) is 1.05. The predicted molar refractivity (Wildman–Crippen MR) is 229 cm³/mol. The molecule has 0 N–H and O–H groups in total. The number of carbonyl (C=O) groups is 1. The first-order valence-corrected chi connectivity index (χ1v) is 24.8. The van der Waals surface area contributed by atoms with E-state index in [0.29, 0.717) is 69.2 Å². The maximum atomic E-state index is 17.7. The fourth-order valence-corrected chi connectivity index (χ4v) is 16.3. The quantitative estimate of drug-likeness (QED) is 0.108. The number of sulfone groups is 1. The summed E-state index contributed by atoms with van der Waals surface area (Å²) < 4.78 is 67.0. The van der Waals surface area contributed by atoms with Crippen LogP contribution in [0.1, 0.15) is 107 Å². The summed E-state index contributed by atoms with van der Waals surface area (Å²) in [6.45, 7) is 22.8. The number of halogens is 2. The molecule has 0 radical (unpaired) electrons. The Morgan fingerprint density at radius 1 is 0.966 bits per heavy atom. The van der Waals surface area contributed by atoms with Crippen molar-refractivity contribution in [2.75, 3.05) is 17.2 Å². The van der Waals surface area contributed by atoms with Gasteiger partial charge >= 0.3 is 6.09 Å². The van der Waals surface area contributed by atoms with Gasteiger partial charge < -0.3 is 9.64 Å². The molecule has 2 bridgehead atoms. The molecule has 4 aromatic rings. The average molecular weight is 830 g/mol. The van der Waals surface area contributed by atoms with E-state index in [0.717, 1.165) is 12.8 Å². The second-order valence-electron chi connectivity index (χ2n) is 18.5. The van der Waals surface area contributed by atoms with Crippen molar-refractivity contribution in [3.8, 4) is 22.7 Å². The molecule has 58 heavy (non-hydrogen) atoms. The summed E-state index contributed by atoms with van der Waals surface area (Å²) in [7, 11) is -6.30. The van der Waals surface area contributed by atoms with Crippen molar-refractivity contribution in [1.29, 1.82) is 0 Å². The highest BCUT2D eigenvalue weighted by atomic mass is 32.2. The Labute approximate surface area is 343 Å². The minimum atomic E-state index is -4.01. The monoisotopic (exact) mass is 829 g/mol. The van der Waals surface area contributed by atoms with Crippen LogP contribution in [0.4, 0.5) is 19.4 Å². The van der Waals surface area contributed by atoms with Crippen LogP contribution in [-0.2, 0) is 21.0 Å². The lowest BCUT2D eigenvalue weighted by atomic mass is 9.85. The molecule has 0 aliphatic carbocycles. The van der Waals surface area contributed by atoms with Crippen molar-refractivity contribution < 1.29 is 26.7 Å². The van der Waals surface area contributed by atoms with Gasteiger partial charge in [-0.1, -0.05) is 85.6 Å². The second kappa shape index (κ2) is 15.1. The first-order valence-electron chi connectivity index (χ1n) is 20.9. The molecule has 4 atom stereocenters. The first-order chi connectivity index (χ1) is 27.2. The van der Waals surface area contributed by atoms with E-state index < -0.39 is 40.3 Å². The third-order valence-corrected chi connectivity index (χ3v) is 20.8. The van der Waals surface area contributed by atoms with Crippen molar-refractivity contribution >= 4 is 51.5 Å². The Morgan fingerprint density at radius 2 is 1.66 bits per heavy atom. The molecule has 5 heterocycles. The fourth-order valence-electron chi connectivity index (χ4n) is 10.3. The predicted octanol–water partition coefficient (Wildman–Crippen LogP) is 10.0. The van der Waals surface area contributed by atoms with E-state index in [1.807, 2.05) is 31.7 Å². The number of pyridine rings is 1. The second-order valence-corrected chi connectivity index (χ2v) is 26.2. The van der Waals surface area contributed by atoms with Gasteiger partial charge in [0, 0.05) is 17.5 Å². The smallest absolute Gasteiger partial charge is 0.410 e. The van der Waals surface area contributed by atoms with Crippen molar-refractivity contribution in [3.05, 3.63) is 53.2 Å². The van der Waals surface area contributed by atoms with Crippen molar-refractivity contribution in [2.24, 2.45) is 5.92 Å². The number of benzene rings is 2. The molecule has 7 rings (SSSR count). The minimum absolute atomic E-state index is 0.00882. The summed E-state index contributed by atoms with van der Waals surface area (Å²) in [5.74, 6) is 2.07. The van der Waals surface area contributed by atoms with Crippen molar-refractivity contribution in [3.63, 3.8) is 0 Å². The molecule has 2 aromatic carbocycles. The molecule has 310 valence electrons. The molecule has 2 aromatic heterocycles. The number of piperazine rings is 1. The Bertz CT molecular complexity index is 2450. The topological polar surface area (TPSA) is 106 Å². The maximum Gasteiger partial charge on any atom is 0.410 e. The van der Waals surface area contributed by atoms with Crippen molar-refractivity contribution in [1.82, 2.24) is 19.9 Å². The lowest BCUT2D eigenvalue weighted by Gasteiger charge is -2.50. The number of ether oxygens (including phenoxy) is 1. The number of carbonyl (C=O) groups excluding carboxylic acids is 1. The zero-order chi connectivity index (χ0) is 42.2. The number of rotatable bonds is 6. The highest BCUT2D eigenvalue weighted by Crippen LogP contribution is 2.46. The summed E-state index contributed by atoms with van der Waals surface area (Å²) in [4.78, 5) is 31.9. The van der Waals surface area contributed by atoms with Crippen LogP contribution in [0.2, 0.25) is 16.6 Å². The molecule has 0 saturated carbocycles. The average Bonchev–Trinajstić information content (AvgIpc) is 3.46. The van der Waals surface area contributed by atoms with E-state index >= 15 is 8.78 Å². The van der Waals surface area contributed by atoms with Crippen LogP contribution in [0, 0.1) is 29.0 Å². The molecular formula is C45H57F2N5O4SSi. The Hall–Kier alpha value is -4.15. The van der Waals surface area contributed by atoms with Gasteiger partial charge in [0.1, 0.15) is 36.5 Å². The lowest BCUT2D eigenvalue weighted by Crippen LogP contribution is -2.64. The Morgan fingerprint density at radius 3 is 2.29 bits per heavy atom. The molecule has 0 unspecified atom stereocenters. The molecule has 3 aliphatic heterocycles. The highest BCUT2D eigenvalue weighted by Gasteiger charge is 2.52. The van der Waals surface area contributed by atoms with Crippen LogP contribution in [-0.4, -0.2) is 78.5 Å². The number of nitrogens with zero attached hydrogens (tertiary/aromatic N) is 5. The van der Waals surface area contributed by atoms with E-state index in [-0.39, 0.29) is 52.7 Å². The van der Waals surface area contributed by atoms with Crippen LogP contribution >= 0.6 is 0 Å². The molecular weight excluding hydrogens is 773 g/mol. The highest BCUT2D eigenvalue weighted by molar-refractivity contribution is 7.91. The van der Waals surface area contributed by atoms with Gasteiger partial charge in [0.05, 0.1) is 40.5 Å². The van der Waals surface area contributed by atoms with Gasteiger partial charge in [0.15, 0.2) is 5.82 Å². The third-order valence-electron chi connectivity index (χ3n) is 13.0. The third kappa shape index (κ3) is 6.95. The molecule has 9 nitrogen and oxygen atoms in total. The van der Waals surface area contributed by atoms with E-state index in [9.17, 15) is 13.2 Å². The first kappa shape index (κ1) is 42.0. The van der Waals surface area contributed by atoms with Crippen LogP contribution in [0.5, 0.6) is 0 Å². The molecule has 13 heteroatoms. The molecule has 2 saturated heterocycles. The van der Waals surface area contributed by atoms with Crippen LogP contribution in [0.15, 0.2) is 35.5 Å². The molecule has 2 fully saturated rings. The minimum Gasteiger partial charge on any atom is -0.444 e. The Kier molecular flexibility index (Phi) is 11.0. The van der Waals surface area contributed by atoms with E-state index in [1.165, 1.54) is 13.0 Å².